The van der Waals surface area contributed by atoms with Crippen molar-refractivity contribution in [3.8, 4) is 0 Å². The molecule has 2 rings (SSSR count). The Morgan fingerprint density at radius 2 is 1.88 bits per heavy atom. The second-order valence-electron chi connectivity index (χ2n) is 4.07. The van der Waals surface area contributed by atoms with Gasteiger partial charge in [0, 0.05) is 12.4 Å². The van der Waals surface area contributed by atoms with Crippen molar-refractivity contribution in [1.29, 1.82) is 0 Å². The molecule has 0 saturated carbocycles. The van der Waals surface area contributed by atoms with Crippen LogP contribution in [-0.2, 0) is 0 Å². The van der Waals surface area contributed by atoms with E-state index in [9.17, 15) is 0 Å². The van der Waals surface area contributed by atoms with Crippen molar-refractivity contribution < 1.29 is 0 Å². The largest absolute Gasteiger partial charge is 0.283 e. The van der Waals surface area contributed by atoms with Crippen LogP contribution in [0, 0.1) is 6.92 Å². The zero-order valence-corrected chi connectivity index (χ0v) is 10.2. The van der Waals surface area contributed by atoms with Crippen LogP contribution in [0.3, 0.4) is 0 Å². The van der Waals surface area contributed by atoms with Gasteiger partial charge in [-0.15, -0.1) is 0 Å². The minimum absolute atomic E-state index is 0.165. The summed E-state index contributed by atoms with van der Waals surface area (Å²) < 4.78 is 0. The molecule has 1 heterocycles. The van der Waals surface area contributed by atoms with E-state index in [4.69, 9.17) is 0 Å². The summed E-state index contributed by atoms with van der Waals surface area (Å²) in [6, 6.07) is 14.3. The average molecular weight is 224 g/mol. The number of rotatable bonds is 3. The second-order valence-corrected chi connectivity index (χ2v) is 4.07. The van der Waals surface area contributed by atoms with E-state index >= 15 is 0 Å². The van der Waals surface area contributed by atoms with Crippen LogP contribution in [0.4, 0.5) is 0 Å². The quantitative estimate of drug-likeness (QED) is 0.732. The van der Waals surface area contributed by atoms with Gasteiger partial charge in [-0.05, 0) is 37.1 Å². The molecule has 0 aliphatic heterocycles. The van der Waals surface area contributed by atoms with Gasteiger partial charge < -0.3 is 0 Å². The lowest BCUT2D eigenvalue weighted by Gasteiger charge is -2.09. The molecule has 2 aromatic rings. The van der Waals surface area contributed by atoms with Crippen molar-refractivity contribution in [3.05, 3.63) is 65.5 Å². The highest BCUT2D eigenvalue weighted by Crippen LogP contribution is 2.19. The van der Waals surface area contributed by atoms with Crippen LogP contribution in [0.5, 0.6) is 0 Å². The minimum Gasteiger partial charge on any atom is -0.283 e. The van der Waals surface area contributed by atoms with E-state index in [1.54, 1.807) is 6.20 Å². The molecule has 0 bridgehead atoms. The summed E-state index contributed by atoms with van der Waals surface area (Å²) in [5.74, 6) is 0. The first-order valence-corrected chi connectivity index (χ1v) is 5.77. The maximum Gasteiger partial charge on any atom is 0.0808 e. The number of hydrogen-bond donors (Lipinski definition) is 0. The van der Waals surface area contributed by atoms with E-state index in [1.807, 2.05) is 30.5 Å². The van der Waals surface area contributed by atoms with Gasteiger partial charge in [0.1, 0.15) is 0 Å². The third-order valence-electron chi connectivity index (χ3n) is 2.76. The molecule has 0 aliphatic carbocycles. The fourth-order valence-corrected chi connectivity index (χ4v) is 1.78. The van der Waals surface area contributed by atoms with Crippen molar-refractivity contribution in [1.82, 2.24) is 4.98 Å². The summed E-state index contributed by atoms with van der Waals surface area (Å²) >= 11 is 0. The van der Waals surface area contributed by atoms with Crippen molar-refractivity contribution in [2.75, 3.05) is 0 Å². The Morgan fingerprint density at radius 1 is 1.12 bits per heavy atom. The molecule has 0 amide bonds. The number of aromatic nitrogens is 1. The van der Waals surface area contributed by atoms with Gasteiger partial charge in [-0.2, -0.15) is 0 Å². The van der Waals surface area contributed by atoms with Gasteiger partial charge in [0.2, 0.25) is 0 Å². The van der Waals surface area contributed by atoms with E-state index < -0.39 is 0 Å². The van der Waals surface area contributed by atoms with E-state index in [1.165, 1.54) is 11.1 Å². The smallest absolute Gasteiger partial charge is 0.0808 e. The molecule has 0 unspecified atom stereocenters. The highest BCUT2D eigenvalue weighted by Gasteiger charge is 2.04. The Bertz CT molecular complexity index is 503. The van der Waals surface area contributed by atoms with E-state index in [2.05, 4.69) is 42.0 Å². The average Bonchev–Trinajstić information content (AvgIpc) is 2.38. The number of nitrogens with zero attached hydrogens (tertiary/aromatic N) is 2. The standard InChI is InChI=1S/C15H16N2/c1-12-7-3-4-9-15(12)13(2)17-11-14-8-5-6-10-16-14/h3-11,13H,1-2H3/t13-/m0/s1. The number of pyridine rings is 1. The normalized spacial score (nSPS) is 12.8. The molecule has 2 heteroatoms. The fourth-order valence-electron chi connectivity index (χ4n) is 1.78. The molecular formula is C15H16N2. The van der Waals surface area contributed by atoms with E-state index in [0.29, 0.717) is 0 Å². The Morgan fingerprint density at radius 3 is 2.59 bits per heavy atom. The first kappa shape index (κ1) is 11.5. The monoisotopic (exact) mass is 224 g/mol. The Balaban J connectivity index is 2.15. The Labute approximate surface area is 102 Å². The number of hydrogen-bond acceptors (Lipinski definition) is 2. The minimum atomic E-state index is 0.165. The summed E-state index contributed by atoms with van der Waals surface area (Å²) in [4.78, 5) is 8.76. The van der Waals surface area contributed by atoms with Crippen molar-refractivity contribution >= 4 is 6.21 Å². The summed E-state index contributed by atoms with van der Waals surface area (Å²) in [7, 11) is 0. The van der Waals surface area contributed by atoms with Crippen LogP contribution >= 0.6 is 0 Å². The van der Waals surface area contributed by atoms with Gasteiger partial charge in [0.25, 0.3) is 0 Å². The Hall–Kier alpha value is -1.96. The molecule has 17 heavy (non-hydrogen) atoms. The zero-order chi connectivity index (χ0) is 12.1. The number of aryl methyl sites for hydroxylation is 1. The molecule has 0 spiro atoms. The molecule has 0 saturated heterocycles. The lowest BCUT2D eigenvalue weighted by Crippen LogP contribution is -1.95. The lowest BCUT2D eigenvalue weighted by molar-refractivity contribution is 0.816. The highest BCUT2D eigenvalue weighted by molar-refractivity contribution is 5.76. The van der Waals surface area contributed by atoms with Crippen molar-refractivity contribution in [2.45, 2.75) is 19.9 Å². The fraction of sp³-hybridized carbons (Fsp3) is 0.200. The Kier molecular flexibility index (Phi) is 3.66. The molecule has 1 aromatic heterocycles. The molecule has 86 valence electrons. The summed E-state index contributed by atoms with van der Waals surface area (Å²) in [6.45, 7) is 4.21. The van der Waals surface area contributed by atoms with Gasteiger partial charge in [-0.1, -0.05) is 30.3 Å². The van der Waals surface area contributed by atoms with Gasteiger partial charge in [-0.3, -0.25) is 9.98 Å². The van der Waals surface area contributed by atoms with Gasteiger partial charge in [0.15, 0.2) is 0 Å². The maximum absolute atomic E-state index is 4.54. The topological polar surface area (TPSA) is 25.2 Å². The van der Waals surface area contributed by atoms with Gasteiger partial charge in [-0.25, -0.2) is 0 Å². The summed E-state index contributed by atoms with van der Waals surface area (Å²) in [6.07, 6.45) is 3.61. The van der Waals surface area contributed by atoms with Crippen LogP contribution in [0.1, 0.15) is 29.8 Å². The van der Waals surface area contributed by atoms with E-state index in [-0.39, 0.29) is 6.04 Å². The van der Waals surface area contributed by atoms with Crippen LogP contribution in [-0.4, -0.2) is 11.2 Å². The summed E-state index contributed by atoms with van der Waals surface area (Å²) in [5.41, 5.74) is 3.44. The molecule has 2 nitrogen and oxygen atoms in total. The highest BCUT2D eigenvalue weighted by atomic mass is 14.8. The predicted molar refractivity (Wildman–Crippen MR) is 71.4 cm³/mol. The molecule has 1 aromatic carbocycles. The van der Waals surface area contributed by atoms with Crippen LogP contribution in [0.15, 0.2) is 53.7 Å². The third kappa shape index (κ3) is 3.00. The lowest BCUT2D eigenvalue weighted by atomic mass is 10.0. The molecular weight excluding hydrogens is 208 g/mol. The second kappa shape index (κ2) is 5.39. The predicted octanol–water partition coefficient (Wildman–Crippen LogP) is 3.57. The summed E-state index contributed by atoms with van der Waals surface area (Å²) in [5, 5.41) is 0. The maximum atomic E-state index is 4.54. The molecule has 0 radical (unpaired) electrons. The van der Waals surface area contributed by atoms with Crippen LogP contribution in [0.25, 0.3) is 0 Å². The van der Waals surface area contributed by atoms with Crippen LogP contribution < -0.4 is 0 Å². The SMILES string of the molecule is Cc1ccccc1[C@H](C)N=Cc1ccccn1. The zero-order valence-electron chi connectivity index (χ0n) is 10.2. The molecule has 0 aliphatic rings. The van der Waals surface area contributed by atoms with Gasteiger partial charge in [0.05, 0.1) is 11.7 Å². The third-order valence-corrected chi connectivity index (χ3v) is 2.76. The number of aliphatic imine (C=N–C) groups is 1. The molecule has 1 atom stereocenters. The van der Waals surface area contributed by atoms with Crippen LogP contribution in [0.2, 0.25) is 0 Å². The number of benzene rings is 1. The van der Waals surface area contributed by atoms with Gasteiger partial charge >= 0.3 is 0 Å². The first-order chi connectivity index (χ1) is 8.27. The van der Waals surface area contributed by atoms with Crippen molar-refractivity contribution in [3.63, 3.8) is 0 Å². The molecule has 0 fully saturated rings. The van der Waals surface area contributed by atoms with Crippen molar-refractivity contribution in [2.24, 2.45) is 4.99 Å². The first-order valence-electron chi connectivity index (χ1n) is 5.77. The molecule has 0 N–H and O–H groups in total. The van der Waals surface area contributed by atoms with E-state index in [0.717, 1.165) is 5.69 Å².